The third-order valence-electron chi connectivity index (χ3n) is 12.3. The zero-order valence-corrected chi connectivity index (χ0v) is 24.8. The largest absolute Gasteiger partial charge is 0.393 e. The van der Waals surface area contributed by atoms with Crippen molar-refractivity contribution in [2.45, 2.75) is 109 Å². The molecule has 4 aliphatic carbocycles. The number of hydrogen-bond acceptors (Lipinski definition) is 4. The molecule has 0 radical (unpaired) electrons. The van der Waals surface area contributed by atoms with Crippen LogP contribution in [0.3, 0.4) is 0 Å². The predicted molar refractivity (Wildman–Crippen MR) is 152 cm³/mol. The monoisotopic (exact) mass is 545 g/mol. The Morgan fingerprint density at radius 3 is 2.37 bits per heavy atom. The van der Waals surface area contributed by atoms with Crippen LogP contribution in [0.4, 0.5) is 0 Å². The van der Waals surface area contributed by atoms with Crippen LogP contribution in [0.25, 0.3) is 0 Å². The Hall–Kier alpha value is -0.950. The Bertz CT molecular complexity index is 1060. The molecule has 0 spiro atoms. The van der Waals surface area contributed by atoms with Crippen LogP contribution in [-0.4, -0.2) is 37.4 Å². The Kier molecular flexibility index (Phi) is 8.12. The molecule has 0 bridgehead atoms. The van der Waals surface area contributed by atoms with E-state index in [-0.39, 0.29) is 23.0 Å². The number of sulfonamides is 1. The molecule has 0 aliphatic heterocycles. The molecule has 3 N–H and O–H groups in total. The minimum absolute atomic E-state index is 0.200. The summed E-state index contributed by atoms with van der Waals surface area (Å²) in [5, 5.41) is 22.4. The average Bonchev–Trinajstić information content (AvgIpc) is 3.25. The maximum absolute atomic E-state index is 12.6. The fourth-order valence-corrected chi connectivity index (χ4v) is 11.5. The lowest BCUT2D eigenvalue weighted by molar-refractivity contribution is -0.203. The Morgan fingerprint density at radius 2 is 1.66 bits per heavy atom. The molecule has 1 aromatic carbocycles. The summed E-state index contributed by atoms with van der Waals surface area (Å²) in [4.78, 5) is 0.329. The van der Waals surface area contributed by atoms with E-state index in [2.05, 4.69) is 32.4 Å². The first-order valence-corrected chi connectivity index (χ1v) is 16.9. The van der Waals surface area contributed by atoms with Crippen molar-refractivity contribution in [1.29, 1.82) is 0 Å². The number of aliphatic hydroxyl groups excluding tert-OH is 2. The van der Waals surface area contributed by atoms with Gasteiger partial charge in [-0.1, -0.05) is 52.3 Å². The first-order valence-electron chi connectivity index (χ1n) is 15.4. The topological polar surface area (TPSA) is 86.6 Å². The zero-order chi connectivity index (χ0) is 27.3. The van der Waals surface area contributed by atoms with Gasteiger partial charge in [0.2, 0.25) is 10.0 Å². The van der Waals surface area contributed by atoms with Crippen molar-refractivity contribution in [3.05, 3.63) is 30.3 Å². The van der Waals surface area contributed by atoms with E-state index in [4.69, 9.17) is 0 Å². The van der Waals surface area contributed by atoms with Crippen molar-refractivity contribution in [3.63, 3.8) is 0 Å². The van der Waals surface area contributed by atoms with Crippen LogP contribution in [-0.2, 0) is 10.0 Å². The van der Waals surface area contributed by atoms with Crippen molar-refractivity contribution in [3.8, 4) is 0 Å². The van der Waals surface area contributed by atoms with E-state index in [1.54, 1.807) is 24.3 Å². The van der Waals surface area contributed by atoms with E-state index in [0.29, 0.717) is 52.9 Å². The molecule has 0 amide bonds. The maximum Gasteiger partial charge on any atom is 0.240 e. The smallest absolute Gasteiger partial charge is 0.240 e. The highest BCUT2D eigenvalue weighted by molar-refractivity contribution is 7.89. The highest BCUT2D eigenvalue weighted by atomic mass is 32.2. The van der Waals surface area contributed by atoms with Crippen molar-refractivity contribution < 1.29 is 18.6 Å². The van der Waals surface area contributed by atoms with E-state index < -0.39 is 10.0 Å². The number of hydrogen-bond donors (Lipinski definition) is 3. The van der Waals surface area contributed by atoms with Crippen molar-refractivity contribution in [1.82, 2.24) is 4.72 Å². The van der Waals surface area contributed by atoms with Gasteiger partial charge in [0, 0.05) is 6.54 Å². The van der Waals surface area contributed by atoms with Gasteiger partial charge < -0.3 is 10.2 Å². The van der Waals surface area contributed by atoms with Crippen LogP contribution in [0, 0.1) is 52.3 Å². The van der Waals surface area contributed by atoms with E-state index in [0.717, 1.165) is 38.5 Å². The van der Waals surface area contributed by atoms with Gasteiger partial charge in [-0.2, -0.15) is 0 Å². The van der Waals surface area contributed by atoms with Crippen LogP contribution in [0.1, 0.15) is 91.9 Å². The highest BCUT2D eigenvalue weighted by Crippen LogP contribution is 2.69. The van der Waals surface area contributed by atoms with Crippen LogP contribution < -0.4 is 4.72 Å². The molecule has 214 valence electrons. The standard InChI is InChI=1S/C32H51NO4S/c1-5-24-28-20-22(34)15-17-32(28,4)27-16-18-31(3)25(13-14-26(31)29(27)30(24)35)21(2)10-9-19-33-38(36,37)23-11-7-6-8-12-23/h6-8,11-12,21-22,24-30,33-35H,5,9-10,13-20H2,1-4H3/t21-,22-,24-,25?,26+,27+,28?,29?,30-,31?,32?/m1/s1. The third kappa shape index (κ3) is 4.80. The molecule has 4 saturated carbocycles. The van der Waals surface area contributed by atoms with Gasteiger partial charge in [-0.25, -0.2) is 13.1 Å². The van der Waals surface area contributed by atoms with Gasteiger partial charge in [0.15, 0.2) is 0 Å². The first kappa shape index (κ1) is 28.6. The van der Waals surface area contributed by atoms with Crippen molar-refractivity contribution in [2.75, 3.05) is 6.54 Å². The second-order valence-electron chi connectivity index (χ2n) is 14.0. The molecular formula is C32H51NO4S. The van der Waals surface area contributed by atoms with Crippen molar-refractivity contribution >= 4 is 10.0 Å². The van der Waals surface area contributed by atoms with Gasteiger partial charge >= 0.3 is 0 Å². The third-order valence-corrected chi connectivity index (χ3v) is 13.8. The molecule has 1 aromatic rings. The van der Waals surface area contributed by atoms with Crippen LogP contribution in [0.5, 0.6) is 0 Å². The number of aliphatic hydroxyl groups is 2. The summed E-state index contributed by atoms with van der Waals surface area (Å²) in [6.45, 7) is 10.1. The molecule has 11 atom stereocenters. The van der Waals surface area contributed by atoms with E-state index in [1.165, 1.54) is 25.7 Å². The molecular weight excluding hydrogens is 494 g/mol. The SMILES string of the molecule is CC[C@@H]1C2C[C@H](O)CCC2(C)[C@H]2CCC3(C)C([C@H](C)CCCNS(=O)(=O)c4ccccc4)CC[C@H]3C2[C@@H]1O. The molecule has 0 heterocycles. The summed E-state index contributed by atoms with van der Waals surface area (Å²) in [7, 11) is -3.45. The zero-order valence-electron chi connectivity index (χ0n) is 24.0. The fourth-order valence-electron chi connectivity index (χ4n) is 10.4. The Morgan fingerprint density at radius 1 is 0.974 bits per heavy atom. The van der Waals surface area contributed by atoms with Gasteiger partial charge in [0.25, 0.3) is 0 Å². The predicted octanol–water partition coefficient (Wildman–Crippen LogP) is 6.01. The minimum Gasteiger partial charge on any atom is -0.393 e. The quantitative estimate of drug-likeness (QED) is 0.349. The fraction of sp³-hybridized carbons (Fsp3) is 0.812. The number of rotatable bonds is 8. The second kappa shape index (κ2) is 10.8. The summed E-state index contributed by atoms with van der Waals surface area (Å²) >= 11 is 0. The van der Waals surface area contributed by atoms with Crippen LogP contribution >= 0.6 is 0 Å². The number of nitrogens with one attached hydrogen (secondary N) is 1. The molecule has 5 unspecified atom stereocenters. The number of benzene rings is 1. The van der Waals surface area contributed by atoms with E-state index in [1.807, 2.05) is 6.07 Å². The average molecular weight is 546 g/mol. The molecule has 5 rings (SSSR count). The molecule has 0 saturated heterocycles. The normalized spacial score (nSPS) is 43.6. The lowest BCUT2D eigenvalue weighted by Gasteiger charge is -2.64. The summed E-state index contributed by atoms with van der Waals surface area (Å²) in [6, 6.07) is 8.62. The Labute approximate surface area is 231 Å². The minimum atomic E-state index is -3.45. The molecule has 38 heavy (non-hydrogen) atoms. The van der Waals surface area contributed by atoms with Gasteiger partial charge in [-0.05, 0) is 122 Å². The number of fused-ring (bicyclic) bond motifs is 5. The molecule has 0 aromatic heterocycles. The lowest BCUT2D eigenvalue weighted by Crippen LogP contribution is -2.62. The van der Waals surface area contributed by atoms with Gasteiger partial charge in [0.1, 0.15) is 0 Å². The molecule has 6 heteroatoms. The molecule has 5 nitrogen and oxygen atoms in total. The lowest BCUT2D eigenvalue weighted by atomic mass is 9.41. The van der Waals surface area contributed by atoms with E-state index >= 15 is 0 Å². The van der Waals surface area contributed by atoms with Crippen LogP contribution in [0.2, 0.25) is 0 Å². The highest BCUT2D eigenvalue weighted by Gasteiger charge is 2.64. The first-order chi connectivity index (χ1) is 18.0. The second-order valence-corrected chi connectivity index (χ2v) is 15.7. The summed E-state index contributed by atoms with van der Waals surface area (Å²) < 4.78 is 28.0. The van der Waals surface area contributed by atoms with Crippen LogP contribution in [0.15, 0.2) is 35.2 Å². The summed E-state index contributed by atoms with van der Waals surface area (Å²) in [5.41, 5.74) is 0.492. The summed E-state index contributed by atoms with van der Waals surface area (Å²) in [5.74, 6) is 3.42. The molecule has 4 aliphatic rings. The molecule has 4 fully saturated rings. The van der Waals surface area contributed by atoms with Gasteiger partial charge in [-0.3, -0.25) is 0 Å². The summed E-state index contributed by atoms with van der Waals surface area (Å²) in [6.07, 6.45) is 10.2. The van der Waals surface area contributed by atoms with Crippen molar-refractivity contribution in [2.24, 2.45) is 52.3 Å². The van der Waals surface area contributed by atoms with Gasteiger partial charge in [0.05, 0.1) is 17.1 Å². The Balaban J connectivity index is 1.25. The van der Waals surface area contributed by atoms with Gasteiger partial charge in [-0.15, -0.1) is 0 Å². The maximum atomic E-state index is 12.6. The van der Waals surface area contributed by atoms with E-state index in [9.17, 15) is 18.6 Å².